The fraction of sp³-hybridized carbons (Fsp3) is 0.316. The minimum atomic E-state index is -4.82. The second-order valence-corrected chi connectivity index (χ2v) is 6.04. The van der Waals surface area contributed by atoms with Crippen molar-refractivity contribution in [2.45, 2.75) is 27.1 Å². The summed E-state index contributed by atoms with van der Waals surface area (Å²) in [7, 11) is 0. The van der Waals surface area contributed by atoms with Gasteiger partial charge in [0.05, 0.1) is 12.2 Å². The molecule has 1 aromatic carbocycles. The third-order valence-electron chi connectivity index (χ3n) is 3.83. The summed E-state index contributed by atoms with van der Waals surface area (Å²) >= 11 is 0. The van der Waals surface area contributed by atoms with Crippen LogP contribution in [0.1, 0.15) is 39.0 Å². The quantitative estimate of drug-likeness (QED) is 0.654. The summed E-state index contributed by atoms with van der Waals surface area (Å²) < 4.78 is 50.0. The molecule has 0 fully saturated rings. The summed E-state index contributed by atoms with van der Waals surface area (Å²) in [6.45, 7) is 4.28. The summed E-state index contributed by atoms with van der Waals surface area (Å²) in [5, 5.41) is 2.37. The van der Waals surface area contributed by atoms with Crippen molar-refractivity contribution in [1.82, 2.24) is 4.98 Å². The van der Waals surface area contributed by atoms with Gasteiger partial charge in [0, 0.05) is 11.4 Å². The number of aromatic amines is 1. The van der Waals surface area contributed by atoms with Crippen LogP contribution in [0.3, 0.4) is 0 Å². The lowest BCUT2D eigenvalue weighted by molar-refractivity contribution is -0.274. The number of amides is 1. The van der Waals surface area contributed by atoms with Crippen LogP contribution in [0.4, 0.5) is 18.9 Å². The van der Waals surface area contributed by atoms with E-state index in [0.717, 1.165) is 12.1 Å². The molecular weight excluding hydrogens is 409 g/mol. The number of anilines is 1. The molecule has 8 nitrogen and oxygen atoms in total. The minimum absolute atomic E-state index is 0.111. The lowest BCUT2D eigenvalue weighted by Crippen LogP contribution is -2.21. The number of nitrogens with one attached hydrogen (secondary N) is 2. The summed E-state index contributed by atoms with van der Waals surface area (Å²) in [4.78, 5) is 38.9. The lowest BCUT2D eigenvalue weighted by Gasteiger charge is -2.10. The van der Waals surface area contributed by atoms with Crippen molar-refractivity contribution in [3.8, 4) is 5.75 Å². The molecule has 0 atom stereocenters. The van der Waals surface area contributed by atoms with Crippen molar-refractivity contribution < 1.29 is 41.8 Å². The standard InChI is InChI=1S/C19H19F3N2O6/c1-4-28-18(27)16-10(2)15(11(3)23-16)17(26)29-9-14(25)24-12-5-7-13(8-6-12)30-19(20,21)22/h5-8,23H,4,9H2,1-3H3,(H,24,25). The number of aryl methyl sites for hydroxylation is 1. The van der Waals surface area contributed by atoms with E-state index in [1.165, 1.54) is 19.1 Å². The van der Waals surface area contributed by atoms with E-state index >= 15 is 0 Å². The third kappa shape index (κ3) is 6.00. The van der Waals surface area contributed by atoms with Crippen molar-refractivity contribution >= 4 is 23.5 Å². The molecular formula is C19H19F3N2O6. The molecule has 2 rings (SSSR count). The summed E-state index contributed by atoms with van der Waals surface area (Å²) in [5.41, 5.74) is 1.12. The number of carbonyl (C=O) groups is 3. The molecule has 2 N–H and O–H groups in total. The van der Waals surface area contributed by atoms with Crippen LogP contribution in [0.5, 0.6) is 5.75 Å². The third-order valence-corrected chi connectivity index (χ3v) is 3.83. The Bertz CT molecular complexity index is 935. The highest BCUT2D eigenvalue weighted by Gasteiger charge is 2.31. The van der Waals surface area contributed by atoms with Gasteiger partial charge in [0.2, 0.25) is 0 Å². The van der Waals surface area contributed by atoms with Crippen molar-refractivity contribution in [3.63, 3.8) is 0 Å². The average Bonchev–Trinajstić information content (AvgIpc) is 2.95. The fourth-order valence-corrected chi connectivity index (χ4v) is 2.60. The molecule has 0 spiro atoms. The van der Waals surface area contributed by atoms with Crippen LogP contribution in [0, 0.1) is 13.8 Å². The Morgan fingerprint density at radius 2 is 1.67 bits per heavy atom. The van der Waals surface area contributed by atoms with Gasteiger partial charge in [-0.1, -0.05) is 0 Å². The highest BCUT2D eigenvalue weighted by atomic mass is 19.4. The zero-order valence-corrected chi connectivity index (χ0v) is 16.3. The second-order valence-electron chi connectivity index (χ2n) is 6.04. The number of benzene rings is 1. The molecule has 0 unspecified atom stereocenters. The Balaban J connectivity index is 1.95. The van der Waals surface area contributed by atoms with Gasteiger partial charge in [0.25, 0.3) is 5.91 Å². The molecule has 1 amide bonds. The molecule has 0 radical (unpaired) electrons. The average molecular weight is 428 g/mol. The smallest absolute Gasteiger partial charge is 0.461 e. The molecule has 0 saturated heterocycles. The number of rotatable bonds is 7. The van der Waals surface area contributed by atoms with E-state index in [1.807, 2.05) is 0 Å². The molecule has 0 aliphatic heterocycles. The van der Waals surface area contributed by atoms with Gasteiger partial charge >= 0.3 is 18.3 Å². The van der Waals surface area contributed by atoms with E-state index in [0.29, 0.717) is 11.3 Å². The van der Waals surface area contributed by atoms with Crippen LogP contribution in [0.2, 0.25) is 0 Å². The maximum atomic E-state index is 12.3. The van der Waals surface area contributed by atoms with E-state index < -0.39 is 36.6 Å². The summed E-state index contributed by atoms with van der Waals surface area (Å²) in [6, 6.07) is 4.46. The topological polar surface area (TPSA) is 107 Å². The molecule has 0 saturated carbocycles. The normalized spacial score (nSPS) is 11.0. The van der Waals surface area contributed by atoms with Gasteiger partial charge in [0.1, 0.15) is 11.4 Å². The molecule has 30 heavy (non-hydrogen) atoms. The van der Waals surface area contributed by atoms with Gasteiger partial charge in [-0.25, -0.2) is 9.59 Å². The van der Waals surface area contributed by atoms with Gasteiger partial charge in [-0.2, -0.15) is 0 Å². The zero-order chi connectivity index (χ0) is 22.5. The molecule has 0 aliphatic rings. The molecule has 0 aliphatic carbocycles. The molecule has 1 heterocycles. The Kier molecular flexibility index (Phi) is 7.09. The lowest BCUT2D eigenvalue weighted by atomic mass is 10.1. The predicted octanol–water partition coefficient (Wildman–Crippen LogP) is 3.50. The van der Waals surface area contributed by atoms with Gasteiger partial charge in [-0.15, -0.1) is 13.2 Å². The van der Waals surface area contributed by atoms with E-state index in [1.54, 1.807) is 13.8 Å². The van der Waals surface area contributed by atoms with Gasteiger partial charge < -0.3 is 24.5 Å². The highest BCUT2D eigenvalue weighted by Crippen LogP contribution is 2.24. The Labute approximate surface area is 169 Å². The maximum Gasteiger partial charge on any atom is 0.573 e. The second kappa shape index (κ2) is 9.33. The van der Waals surface area contributed by atoms with Crippen molar-refractivity contribution in [2.24, 2.45) is 0 Å². The number of hydrogen-bond donors (Lipinski definition) is 2. The number of hydrogen-bond acceptors (Lipinski definition) is 6. The zero-order valence-electron chi connectivity index (χ0n) is 16.3. The molecule has 0 bridgehead atoms. The summed E-state index contributed by atoms with van der Waals surface area (Å²) in [6.07, 6.45) is -4.82. The number of H-pyrrole nitrogens is 1. The first-order chi connectivity index (χ1) is 14.0. The van der Waals surface area contributed by atoms with Gasteiger partial charge in [0.15, 0.2) is 6.61 Å². The molecule has 11 heteroatoms. The van der Waals surface area contributed by atoms with E-state index in [-0.39, 0.29) is 23.6 Å². The highest BCUT2D eigenvalue weighted by molar-refractivity contribution is 6.00. The number of halogens is 3. The molecule has 162 valence electrons. The number of carbonyl (C=O) groups excluding carboxylic acids is 3. The monoisotopic (exact) mass is 428 g/mol. The van der Waals surface area contributed by atoms with Crippen LogP contribution in [-0.4, -0.2) is 42.4 Å². The van der Waals surface area contributed by atoms with Crippen LogP contribution >= 0.6 is 0 Å². The van der Waals surface area contributed by atoms with Crippen LogP contribution in [0.15, 0.2) is 24.3 Å². The first-order valence-corrected chi connectivity index (χ1v) is 8.71. The fourth-order valence-electron chi connectivity index (χ4n) is 2.60. The van der Waals surface area contributed by atoms with Crippen LogP contribution in [-0.2, 0) is 14.3 Å². The SMILES string of the molecule is CCOC(=O)c1[nH]c(C)c(C(=O)OCC(=O)Nc2ccc(OC(F)(F)F)cc2)c1C. The van der Waals surface area contributed by atoms with E-state index in [4.69, 9.17) is 9.47 Å². The molecule has 1 aromatic heterocycles. The first-order valence-electron chi connectivity index (χ1n) is 8.71. The minimum Gasteiger partial charge on any atom is -0.461 e. The van der Waals surface area contributed by atoms with Gasteiger partial charge in [-0.05, 0) is 50.6 Å². The Hall–Kier alpha value is -3.50. The summed E-state index contributed by atoms with van der Waals surface area (Å²) in [5.74, 6) is -2.58. The van der Waals surface area contributed by atoms with E-state index in [9.17, 15) is 27.6 Å². The van der Waals surface area contributed by atoms with Crippen molar-refractivity contribution in [2.75, 3.05) is 18.5 Å². The van der Waals surface area contributed by atoms with Crippen LogP contribution in [0.25, 0.3) is 0 Å². The maximum absolute atomic E-state index is 12.3. The number of ether oxygens (including phenoxy) is 3. The predicted molar refractivity (Wildman–Crippen MR) is 98.3 cm³/mol. The van der Waals surface area contributed by atoms with E-state index in [2.05, 4.69) is 15.0 Å². The first kappa shape index (κ1) is 22.8. The Morgan fingerprint density at radius 3 is 2.23 bits per heavy atom. The number of esters is 2. The largest absolute Gasteiger partial charge is 0.573 e. The number of alkyl halides is 3. The number of aromatic nitrogens is 1. The van der Waals surface area contributed by atoms with Gasteiger partial charge in [-0.3, -0.25) is 4.79 Å². The van der Waals surface area contributed by atoms with Crippen molar-refractivity contribution in [3.05, 3.63) is 46.8 Å². The molecule has 2 aromatic rings. The Morgan fingerprint density at radius 1 is 1.03 bits per heavy atom. The van der Waals surface area contributed by atoms with Crippen molar-refractivity contribution in [1.29, 1.82) is 0 Å². The van der Waals surface area contributed by atoms with Crippen LogP contribution < -0.4 is 10.1 Å².